The number of aromatic nitrogens is 4. The van der Waals surface area contributed by atoms with Crippen molar-refractivity contribution in [3.8, 4) is 0 Å². The van der Waals surface area contributed by atoms with Gasteiger partial charge in [-0.1, -0.05) is 12.1 Å². The zero-order chi connectivity index (χ0) is 25.6. The molecule has 0 bridgehead atoms. The summed E-state index contributed by atoms with van der Waals surface area (Å²) in [5, 5.41) is 12.0. The second kappa shape index (κ2) is 9.50. The summed E-state index contributed by atoms with van der Waals surface area (Å²) >= 11 is 3.45. The lowest BCUT2D eigenvalue weighted by atomic mass is 9.89. The van der Waals surface area contributed by atoms with E-state index in [-0.39, 0.29) is 17.3 Å². The summed E-state index contributed by atoms with van der Waals surface area (Å²) in [6.45, 7) is 2.88. The number of piperidine rings is 1. The van der Waals surface area contributed by atoms with Crippen LogP contribution in [0.25, 0.3) is 10.9 Å². The molecular formula is C26H26BrFN6O2. The molecule has 4 aromatic rings. The number of benzene rings is 2. The normalized spacial score (nSPS) is 14.4. The monoisotopic (exact) mass is 552 g/mol. The highest BCUT2D eigenvalue weighted by Gasteiger charge is 2.25. The lowest BCUT2D eigenvalue weighted by molar-refractivity contribution is 0.0713. The highest BCUT2D eigenvalue weighted by Crippen LogP contribution is 2.30. The van der Waals surface area contributed by atoms with Crippen molar-refractivity contribution in [1.29, 1.82) is 0 Å². The minimum Gasteiger partial charge on any atom is -0.339 e. The van der Waals surface area contributed by atoms with E-state index in [0.29, 0.717) is 30.3 Å². The van der Waals surface area contributed by atoms with Gasteiger partial charge in [-0.25, -0.2) is 4.39 Å². The van der Waals surface area contributed by atoms with Crippen LogP contribution in [0.5, 0.6) is 0 Å². The molecule has 0 aliphatic carbocycles. The Hall–Kier alpha value is -3.53. The van der Waals surface area contributed by atoms with Crippen molar-refractivity contribution in [1.82, 2.24) is 24.5 Å². The van der Waals surface area contributed by atoms with E-state index in [1.54, 1.807) is 11.7 Å². The number of carbonyl (C=O) groups is 2. The predicted molar refractivity (Wildman–Crippen MR) is 139 cm³/mol. The van der Waals surface area contributed by atoms with E-state index in [2.05, 4.69) is 31.4 Å². The third-order valence-electron chi connectivity index (χ3n) is 6.84. The van der Waals surface area contributed by atoms with E-state index in [9.17, 15) is 14.0 Å². The van der Waals surface area contributed by atoms with Gasteiger partial charge < -0.3 is 10.2 Å². The topological polar surface area (TPSA) is 85.1 Å². The Morgan fingerprint density at radius 1 is 1.03 bits per heavy atom. The molecule has 186 valence electrons. The SMILES string of the molecule is Cc1nn(C)c(C(=O)Nc2ccc(C3CCN(C(=O)c4ccc5c(Br)nn(C)c5c4)CC3)cc2)c1F. The minimum atomic E-state index is -0.610. The number of amides is 2. The van der Waals surface area contributed by atoms with E-state index >= 15 is 0 Å². The fourth-order valence-electron chi connectivity index (χ4n) is 4.85. The van der Waals surface area contributed by atoms with Crippen molar-refractivity contribution < 1.29 is 14.0 Å². The fourth-order valence-corrected chi connectivity index (χ4v) is 5.43. The van der Waals surface area contributed by atoms with Crippen molar-refractivity contribution in [2.45, 2.75) is 25.7 Å². The summed E-state index contributed by atoms with van der Waals surface area (Å²) < 4.78 is 18.0. The van der Waals surface area contributed by atoms with Crippen molar-refractivity contribution in [3.63, 3.8) is 0 Å². The molecule has 8 nitrogen and oxygen atoms in total. The summed E-state index contributed by atoms with van der Waals surface area (Å²) in [6, 6.07) is 13.3. The van der Waals surface area contributed by atoms with Gasteiger partial charge in [0.15, 0.2) is 11.5 Å². The van der Waals surface area contributed by atoms with Gasteiger partial charge in [0.1, 0.15) is 4.60 Å². The Bertz CT molecular complexity index is 1470. The quantitative estimate of drug-likeness (QED) is 0.394. The van der Waals surface area contributed by atoms with Gasteiger partial charge in [-0.05, 0) is 77.5 Å². The summed E-state index contributed by atoms with van der Waals surface area (Å²) in [5.74, 6) is -0.789. The van der Waals surface area contributed by atoms with Gasteiger partial charge in [0, 0.05) is 43.8 Å². The molecule has 2 amide bonds. The second-order valence-electron chi connectivity index (χ2n) is 9.16. The zero-order valence-electron chi connectivity index (χ0n) is 20.3. The molecule has 1 aliphatic heterocycles. The largest absolute Gasteiger partial charge is 0.339 e. The van der Waals surface area contributed by atoms with E-state index in [1.807, 2.05) is 54.4 Å². The number of anilines is 1. The third-order valence-corrected chi connectivity index (χ3v) is 7.43. The number of nitrogens with zero attached hydrogens (tertiary/aromatic N) is 5. The van der Waals surface area contributed by atoms with Crippen molar-refractivity contribution in [2.24, 2.45) is 14.1 Å². The maximum Gasteiger partial charge on any atom is 0.276 e. The van der Waals surface area contributed by atoms with Crippen LogP contribution >= 0.6 is 15.9 Å². The molecule has 3 heterocycles. The smallest absolute Gasteiger partial charge is 0.276 e. The van der Waals surface area contributed by atoms with E-state index < -0.39 is 11.7 Å². The Labute approximate surface area is 216 Å². The van der Waals surface area contributed by atoms with Gasteiger partial charge in [0.05, 0.1) is 11.2 Å². The first-order valence-electron chi connectivity index (χ1n) is 11.7. The van der Waals surface area contributed by atoms with Gasteiger partial charge in [-0.15, -0.1) is 0 Å². The van der Waals surface area contributed by atoms with Crippen LogP contribution in [-0.4, -0.2) is 49.4 Å². The highest BCUT2D eigenvalue weighted by atomic mass is 79.9. The Morgan fingerprint density at radius 3 is 2.36 bits per heavy atom. The van der Waals surface area contributed by atoms with Gasteiger partial charge >= 0.3 is 0 Å². The average molecular weight is 553 g/mol. The van der Waals surface area contributed by atoms with Crippen LogP contribution in [0, 0.1) is 12.7 Å². The van der Waals surface area contributed by atoms with Gasteiger partial charge in [-0.3, -0.25) is 19.0 Å². The summed E-state index contributed by atoms with van der Waals surface area (Å²) in [5.41, 5.74) is 3.42. The van der Waals surface area contributed by atoms with E-state index in [0.717, 1.165) is 33.9 Å². The molecular weight excluding hydrogens is 527 g/mol. The van der Waals surface area contributed by atoms with Crippen LogP contribution < -0.4 is 5.32 Å². The number of rotatable bonds is 4. The number of fused-ring (bicyclic) bond motifs is 1. The van der Waals surface area contributed by atoms with Crippen molar-refractivity contribution >= 4 is 44.3 Å². The Morgan fingerprint density at radius 2 is 1.72 bits per heavy atom. The zero-order valence-corrected chi connectivity index (χ0v) is 21.8. The molecule has 1 saturated heterocycles. The molecule has 0 unspecified atom stereocenters. The molecule has 1 aliphatic rings. The molecule has 36 heavy (non-hydrogen) atoms. The van der Waals surface area contributed by atoms with Crippen molar-refractivity contribution in [2.75, 3.05) is 18.4 Å². The Kier molecular flexibility index (Phi) is 6.38. The van der Waals surface area contributed by atoms with Crippen molar-refractivity contribution in [3.05, 3.63) is 75.4 Å². The van der Waals surface area contributed by atoms with Crippen LogP contribution in [0.4, 0.5) is 10.1 Å². The van der Waals surface area contributed by atoms with Gasteiger partial charge in [-0.2, -0.15) is 10.2 Å². The molecule has 10 heteroatoms. The molecule has 1 fully saturated rings. The first-order chi connectivity index (χ1) is 17.2. The molecule has 2 aromatic heterocycles. The summed E-state index contributed by atoms with van der Waals surface area (Å²) in [6.07, 6.45) is 1.72. The fraction of sp³-hybridized carbons (Fsp3) is 0.308. The minimum absolute atomic E-state index is 0.0309. The average Bonchev–Trinajstić information content (AvgIpc) is 3.31. The highest BCUT2D eigenvalue weighted by molar-refractivity contribution is 9.10. The molecule has 0 radical (unpaired) electrons. The van der Waals surface area contributed by atoms with E-state index in [1.165, 1.54) is 11.6 Å². The van der Waals surface area contributed by atoms with Gasteiger partial charge in [0.2, 0.25) is 0 Å². The summed E-state index contributed by atoms with van der Waals surface area (Å²) in [7, 11) is 3.41. The number of halogens is 2. The number of aryl methyl sites for hydroxylation is 3. The molecule has 0 spiro atoms. The molecule has 5 rings (SSSR count). The van der Waals surface area contributed by atoms with Crippen LogP contribution in [0.2, 0.25) is 0 Å². The summed E-state index contributed by atoms with van der Waals surface area (Å²) in [4.78, 5) is 27.5. The predicted octanol–water partition coefficient (Wildman–Crippen LogP) is 4.79. The number of carbonyl (C=O) groups excluding carboxylic acids is 2. The Balaban J connectivity index is 1.21. The van der Waals surface area contributed by atoms with Crippen LogP contribution in [-0.2, 0) is 14.1 Å². The number of nitrogens with one attached hydrogen (secondary N) is 1. The maximum absolute atomic E-state index is 14.2. The molecule has 2 aromatic carbocycles. The van der Waals surface area contributed by atoms with Crippen LogP contribution in [0.3, 0.4) is 0 Å². The molecule has 1 N–H and O–H groups in total. The number of hydrogen-bond acceptors (Lipinski definition) is 4. The maximum atomic E-state index is 14.2. The second-order valence-corrected chi connectivity index (χ2v) is 9.91. The first kappa shape index (κ1) is 24.2. The van der Waals surface area contributed by atoms with Crippen LogP contribution in [0.15, 0.2) is 47.1 Å². The number of hydrogen-bond donors (Lipinski definition) is 1. The lowest BCUT2D eigenvalue weighted by Gasteiger charge is -2.32. The van der Waals surface area contributed by atoms with Gasteiger partial charge in [0.25, 0.3) is 11.8 Å². The van der Waals surface area contributed by atoms with Crippen LogP contribution in [0.1, 0.15) is 50.9 Å². The number of likely N-dealkylation sites (tertiary alicyclic amines) is 1. The third kappa shape index (κ3) is 4.41. The molecule has 0 saturated carbocycles. The molecule has 0 atom stereocenters. The lowest BCUT2D eigenvalue weighted by Crippen LogP contribution is -2.37. The van der Waals surface area contributed by atoms with E-state index in [4.69, 9.17) is 0 Å². The standard InChI is InChI=1S/C26H26BrFN6O2/c1-15-22(28)23(33(3)30-15)25(35)29-19-7-4-16(5-8-19)17-10-12-34(13-11-17)26(36)18-6-9-20-21(14-18)32(2)31-24(20)27/h4-9,14,17H,10-13H2,1-3H3,(H,29,35). The first-order valence-corrected chi connectivity index (χ1v) is 12.5.